The number of piperidine rings is 1. The predicted molar refractivity (Wildman–Crippen MR) is 115 cm³/mol. The van der Waals surface area contributed by atoms with Gasteiger partial charge in [0.1, 0.15) is 11.4 Å². The zero-order valence-electron chi connectivity index (χ0n) is 17.5. The van der Waals surface area contributed by atoms with Crippen molar-refractivity contribution in [3.63, 3.8) is 0 Å². The summed E-state index contributed by atoms with van der Waals surface area (Å²) in [4.78, 5) is 12.9. The van der Waals surface area contributed by atoms with Crippen LogP contribution in [0.2, 0.25) is 0 Å². The Labute approximate surface area is 177 Å². The van der Waals surface area contributed by atoms with Crippen molar-refractivity contribution in [2.45, 2.75) is 50.2 Å². The number of sulfonamides is 1. The lowest BCUT2D eigenvalue weighted by atomic mass is 9.91. The summed E-state index contributed by atoms with van der Waals surface area (Å²) >= 11 is 0. The van der Waals surface area contributed by atoms with E-state index < -0.39 is 21.5 Å². The second-order valence-electron chi connectivity index (χ2n) is 7.89. The fourth-order valence-corrected chi connectivity index (χ4v) is 4.76. The molecule has 0 bridgehead atoms. The molecule has 0 aromatic heterocycles. The van der Waals surface area contributed by atoms with Crippen LogP contribution in [0.15, 0.2) is 53.4 Å². The molecule has 162 valence electrons. The van der Waals surface area contributed by atoms with Crippen LogP contribution in [0.4, 0.5) is 5.69 Å². The zero-order chi connectivity index (χ0) is 21.9. The van der Waals surface area contributed by atoms with E-state index in [-0.39, 0.29) is 36.9 Å². The molecule has 1 aliphatic rings. The number of nitrogens with zero attached hydrogens (tertiary/aromatic N) is 1. The highest BCUT2D eigenvalue weighted by atomic mass is 32.2. The van der Waals surface area contributed by atoms with Crippen LogP contribution in [0, 0.1) is 6.92 Å². The van der Waals surface area contributed by atoms with Gasteiger partial charge in [-0.15, -0.1) is 0 Å². The van der Waals surface area contributed by atoms with E-state index >= 15 is 0 Å². The molecule has 1 aliphatic heterocycles. The molecule has 2 aromatic carbocycles. The molecule has 0 unspecified atom stereocenters. The number of carbonyl (C=O) groups excluding carboxylic acids is 1. The van der Waals surface area contributed by atoms with Gasteiger partial charge >= 0.3 is 0 Å². The van der Waals surface area contributed by atoms with Crippen LogP contribution in [0.3, 0.4) is 0 Å². The average molecular weight is 433 g/mol. The van der Waals surface area contributed by atoms with Gasteiger partial charge in [0.05, 0.1) is 11.0 Å². The highest BCUT2D eigenvalue weighted by molar-refractivity contribution is 7.89. The zero-order valence-corrected chi connectivity index (χ0v) is 18.3. The minimum atomic E-state index is -3.65. The molecule has 2 N–H and O–H groups in total. The van der Waals surface area contributed by atoms with E-state index in [1.165, 1.54) is 4.31 Å². The summed E-state index contributed by atoms with van der Waals surface area (Å²) in [6.45, 7) is 5.89. The number of carbonyl (C=O) groups is 1. The van der Waals surface area contributed by atoms with Gasteiger partial charge in [-0.05, 0) is 70.0 Å². The van der Waals surface area contributed by atoms with Crippen LogP contribution in [0.5, 0.6) is 5.75 Å². The van der Waals surface area contributed by atoms with Gasteiger partial charge in [0, 0.05) is 18.8 Å². The largest absolute Gasteiger partial charge is 0.491 e. The topological polar surface area (TPSA) is 95.9 Å². The van der Waals surface area contributed by atoms with Crippen LogP contribution >= 0.6 is 0 Å². The Morgan fingerprint density at radius 2 is 1.63 bits per heavy atom. The number of aryl methyl sites for hydroxylation is 1. The lowest BCUT2D eigenvalue weighted by Gasteiger charge is -2.36. The van der Waals surface area contributed by atoms with Crippen LogP contribution in [0.1, 0.15) is 32.3 Å². The second kappa shape index (κ2) is 8.75. The fourth-order valence-electron chi connectivity index (χ4n) is 3.32. The molecular formula is C22H28N2O5S. The first-order valence-corrected chi connectivity index (χ1v) is 11.4. The summed E-state index contributed by atoms with van der Waals surface area (Å²) in [6, 6.07) is 13.5. The first-order chi connectivity index (χ1) is 14.1. The predicted octanol–water partition coefficient (Wildman–Crippen LogP) is 2.94. The molecular weight excluding hydrogens is 404 g/mol. The smallest absolute Gasteiger partial charge is 0.256 e. The highest BCUT2D eigenvalue weighted by Crippen LogP contribution is 2.28. The normalized spacial score (nSPS) is 17.0. The van der Waals surface area contributed by atoms with Crippen molar-refractivity contribution in [3.8, 4) is 5.75 Å². The number of ether oxygens (including phenoxy) is 1. The molecule has 8 heteroatoms. The van der Waals surface area contributed by atoms with Crippen molar-refractivity contribution in [1.29, 1.82) is 0 Å². The van der Waals surface area contributed by atoms with E-state index in [2.05, 4.69) is 5.32 Å². The number of nitrogens with one attached hydrogen (secondary N) is 1. The van der Waals surface area contributed by atoms with Crippen molar-refractivity contribution in [3.05, 3.63) is 54.1 Å². The summed E-state index contributed by atoms with van der Waals surface area (Å²) in [5.41, 5.74) is -0.103. The SMILES string of the molecule is Cc1ccc(S(=O)(=O)N2CCC(O)(C(=O)Nc3ccc(OC(C)C)cc3)CC2)cc1. The molecule has 1 heterocycles. The minimum Gasteiger partial charge on any atom is -0.491 e. The number of amides is 1. The Balaban J connectivity index is 1.62. The number of hydrogen-bond acceptors (Lipinski definition) is 5. The molecule has 0 radical (unpaired) electrons. The molecule has 0 spiro atoms. The molecule has 0 saturated carbocycles. The van der Waals surface area contributed by atoms with Crippen molar-refractivity contribution >= 4 is 21.6 Å². The number of hydrogen-bond donors (Lipinski definition) is 2. The third-order valence-corrected chi connectivity index (χ3v) is 7.03. The van der Waals surface area contributed by atoms with E-state index in [4.69, 9.17) is 4.74 Å². The summed E-state index contributed by atoms with van der Waals surface area (Å²) in [5.74, 6) is 0.156. The van der Waals surface area contributed by atoms with Gasteiger partial charge in [-0.2, -0.15) is 4.31 Å². The van der Waals surface area contributed by atoms with Crippen molar-refractivity contribution in [2.75, 3.05) is 18.4 Å². The number of aliphatic hydroxyl groups is 1. The molecule has 0 atom stereocenters. The van der Waals surface area contributed by atoms with Gasteiger partial charge in [-0.3, -0.25) is 4.79 Å². The van der Waals surface area contributed by atoms with E-state index in [1.807, 2.05) is 20.8 Å². The van der Waals surface area contributed by atoms with Gasteiger partial charge in [0.2, 0.25) is 10.0 Å². The van der Waals surface area contributed by atoms with Crippen molar-refractivity contribution in [1.82, 2.24) is 4.31 Å². The molecule has 7 nitrogen and oxygen atoms in total. The standard InChI is InChI=1S/C22H28N2O5S/c1-16(2)29-19-8-6-18(7-9-19)23-21(25)22(26)12-14-24(15-13-22)30(27,28)20-10-4-17(3)5-11-20/h4-11,16,26H,12-15H2,1-3H3,(H,23,25). The summed E-state index contributed by atoms with van der Waals surface area (Å²) < 4.78 is 32.5. The van der Waals surface area contributed by atoms with Crippen LogP contribution in [-0.2, 0) is 14.8 Å². The maximum atomic E-state index is 12.8. The molecule has 1 fully saturated rings. The van der Waals surface area contributed by atoms with E-state index in [0.717, 1.165) is 5.56 Å². The van der Waals surface area contributed by atoms with E-state index in [1.54, 1.807) is 48.5 Å². The third kappa shape index (κ3) is 5.00. The second-order valence-corrected chi connectivity index (χ2v) is 9.83. The maximum absolute atomic E-state index is 12.8. The Kier molecular flexibility index (Phi) is 6.50. The van der Waals surface area contributed by atoms with Crippen molar-refractivity contribution < 1.29 is 23.1 Å². The first kappa shape index (κ1) is 22.3. The van der Waals surface area contributed by atoms with Crippen LogP contribution in [0.25, 0.3) is 0 Å². The third-order valence-electron chi connectivity index (χ3n) is 5.11. The molecule has 1 saturated heterocycles. The molecule has 2 aromatic rings. The van der Waals surface area contributed by atoms with E-state index in [0.29, 0.717) is 11.4 Å². The Hall–Kier alpha value is -2.42. The Bertz CT molecular complexity index is 977. The van der Waals surface area contributed by atoms with Crippen LogP contribution in [-0.4, -0.2) is 48.5 Å². The first-order valence-electron chi connectivity index (χ1n) is 9.97. The lowest BCUT2D eigenvalue weighted by Crippen LogP contribution is -2.52. The van der Waals surface area contributed by atoms with Gasteiger partial charge in [-0.25, -0.2) is 8.42 Å². The van der Waals surface area contributed by atoms with Gasteiger partial charge < -0.3 is 15.2 Å². The van der Waals surface area contributed by atoms with Gasteiger partial charge in [0.25, 0.3) is 5.91 Å². The van der Waals surface area contributed by atoms with Crippen LogP contribution < -0.4 is 10.1 Å². The van der Waals surface area contributed by atoms with Gasteiger partial charge in [-0.1, -0.05) is 17.7 Å². The molecule has 30 heavy (non-hydrogen) atoms. The average Bonchev–Trinajstić information content (AvgIpc) is 2.70. The highest BCUT2D eigenvalue weighted by Gasteiger charge is 2.42. The quantitative estimate of drug-likeness (QED) is 0.732. The number of benzene rings is 2. The molecule has 1 amide bonds. The summed E-state index contributed by atoms with van der Waals surface area (Å²) in [7, 11) is -3.65. The van der Waals surface area contributed by atoms with Crippen molar-refractivity contribution in [2.24, 2.45) is 0 Å². The Morgan fingerprint density at radius 3 is 2.17 bits per heavy atom. The van der Waals surface area contributed by atoms with Gasteiger partial charge in [0.15, 0.2) is 0 Å². The fraction of sp³-hybridized carbons (Fsp3) is 0.409. The minimum absolute atomic E-state index is 0.0263. The maximum Gasteiger partial charge on any atom is 0.256 e. The monoisotopic (exact) mass is 432 g/mol. The summed E-state index contributed by atoms with van der Waals surface area (Å²) in [5, 5.41) is 13.5. The lowest BCUT2D eigenvalue weighted by molar-refractivity contribution is -0.137. The molecule has 3 rings (SSSR count). The number of anilines is 1. The molecule has 0 aliphatic carbocycles. The Morgan fingerprint density at radius 1 is 1.07 bits per heavy atom. The van der Waals surface area contributed by atoms with E-state index in [9.17, 15) is 18.3 Å². The number of rotatable bonds is 6. The summed E-state index contributed by atoms with van der Waals surface area (Å²) in [6.07, 6.45) is 0.101.